The van der Waals surface area contributed by atoms with Crippen molar-refractivity contribution >= 4 is 10.9 Å². The van der Waals surface area contributed by atoms with Crippen LogP contribution in [0.5, 0.6) is 5.75 Å². The number of para-hydroxylation sites is 1. The van der Waals surface area contributed by atoms with Gasteiger partial charge in [0, 0.05) is 35.1 Å². The van der Waals surface area contributed by atoms with Gasteiger partial charge in [0.15, 0.2) is 0 Å². The number of benzene rings is 2. The standard InChI is InChI=1S/C20H23FN2O/c1-13-17(16-6-4-5-7-19(16)23(13)2)10-14(12-22)18-11-15(21)8-9-20(18)24-3/h4-9,11,14H,10,12,22H2,1-3H3. The van der Waals surface area contributed by atoms with Gasteiger partial charge in [0.05, 0.1) is 7.11 Å². The van der Waals surface area contributed by atoms with Gasteiger partial charge in [-0.1, -0.05) is 18.2 Å². The first kappa shape index (κ1) is 16.5. The minimum absolute atomic E-state index is 0.000145. The van der Waals surface area contributed by atoms with E-state index in [0.717, 1.165) is 12.0 Å². The van der Waals surface area contributed by atoms with Crippen molar-refractivity contribution < 1.29 is 9.13 Å². The van der Waals surface area contributed by atoms with Crippen LogP contribution in [0.3, 0.4) is 0 Å². The largest absolute Gasteiger partial charge is 0.496 e. The van der Waals surface area contributed by atoms with Crippen molar-refractivity contribution in [2.75, 3.05) is 13.7 Å². The Labute approximate surface area is 141 Å². The van der Waals surface area contributed by atoms with E-state index in [1.807, 2.05) is 12.1 Å². The molecule has 2 N–H and O–H groups in total. The van der Waals surface area contributed by atoms with Gasteiger partial charge in [0.25, 0.3) is 0 Å². The van der Waals surface area contributed by atoms with Crippen molar-refractivity contribution in [3.63, 3.8) is 0 Å². The van der Waals surface area contributed by atoms with Crippen LogP contribution < -0.4 is 10.5 Å². The minimum atomic E-state index is -0.265. The van der Waals surface area contributed by atoms with E-state index in [-0.39, 0.29) is 11.7 Å². The summed E-state index contributed by atoms with van der Waals surface area (Å²) in [6, 6.07) is 13.0. The zero-order valence-corrected chi connectivity index (χ0v) is 14.3. The highest BCUT2D eigenvalue weighted by atomic mass is 19.1. The minimum Gasteiger partial charge on any atom is -0.496 e. The molecule has 0 aliphatic heterocycles. The van der Waals surface area contributed by atoms with E-state index in [1.165, 1.54) is 34.3 Å². The van der Waals surface area contributed by atoms with E-state index in [2.05, 4.69) is 30.7 Å². The zero-order valence-electron chi connectivity index (χ0n) is 14.3. The lowest BCUT2D eigenvalue weighted by Crippen LogP contribution is -2.16. The van der Waals surface area contributed by atoms with Gasteiger partial charge in [-0.15, -0.1) is 0 Å². The number of nitrogens with two attached hydrogens (primary N) is 1. The highest BCUT2D eigenvalue weighted by molar-refractivity contribution is 5.85. The average molecular weight is 326 g/mol. The summed E-state index contributed by atoms with van der Waals surface area (Å²) in [6.45, 7) is 2.55. The van der Waals surface area contributed by atoms with E-state index in [9.17, 15) is 4.39 Å². The Bertz CT molecular complexity index is 869. The number of hydrogen-bond donors (Lipinski definition) is 1. The summed E-state index contributed by atoms with van der Waals surface area (Å²) >= 11 is 0. The Morgan fingerprint density at radius 2 is 1.96 bits per heavy atom. The second-order valence-corrected chi connectivity index (χ2v) is 6.16. The first-order valence-electron chi connectivity index (χ1n) is 8.13. The normalized spacial score (nSPS) is 12.5. The molecule has 3 nitrogen and oxygen atoms in total. The van der Waals surface area contributed by atoms with Gasteiger partial charge in [0.2, 0.25) is 0 Å². The Balaban J connectivity index is 2.07. The van der Waals surface area contributed by atoms with E-state index >= 15 is 0 Å². The Kier molecular flexibility index (Phi) is 4.58. The van der Waals surface area contributed by atoms with Gasteiger partial charge < -0.3 is 15.0 Å². The lowest BCUT2D eigenvalue weighted by molar-refractivity contribution is 0.403. The molecule has 0 amide bonds. The second-order valence-electron chi connectivity index (χ2n) is 6.16. The Morgan fingerprint density at radius 3 is 2.67 bits per heavy atom. The fraction of sp³-hybridized carbons (Fsp3) is 0.300. The van der Waals surface area contributed by atoms with Crippen LogP contribution in [0.1, 0.15) is 22.7 Å². The maximum atomic E-state index is 13.8. The molecule has 1 heterocycles. The van der Waals surface area contributed by atoms with Crippen LogP contribution in [0.2, 0.25) is 0 Å². The smallest absolute Gasteiger partial charge is 0.123 e. The van der Waals surface area contributed by atoms with Gasteiger partial charge in [-0.25, -0.2) is 4.39 Å². The molecule has 3 aromatic rings. The van der Waals surface area contributed by atoms with Crippen molar-refractivity contribution in [2.24, 2.45) is 12.8 Å². The number of fused-ring (bicyclic) bond motifs is 1. The topological polar surface area (TPSA) is 40.2 Å². The molecular formula is C20H23FN2O. The number of aromatic nitrogens is 1. The predicted octanol–water partition coefficient (Wildman–Crippen LogP) is 3.92. The van der Waals surface area contributed by atoms with Gasteiger partial charge in [-0.05, 0) is 49.7 Å². The summed E-state index contributed by atoms with van der Waals surface area (Å²) in [5.74, 6) is 0.420. The molecule has 0 radical (unpaired) electrons. The quantitative estimate of drug-likeness (QED) is 0.772. The molecule has 1 aromatic heterocycles. The fourth-order valence-electron chi connectivity index (χ4n) is 3.45. The molecule has 0 saturated heterocycles. The second kappa shape index (κ2) is 6.65. The highest BCUT2D eigenvalue weighted by Gasteiger charge is 2.20. The number of halogens is 1. The number of rotatable bonds is 5. The molecule has 2 aromatic carbocycles. The summed E-state index contributed by atoms with van der Waals surface area (Å²) in [7, 11) is 3.68. The molecule has 3 rings (SSSR count). The molecule has 126 valence electrons. The third-order valence-electron chi connectivity index (χ3n) is 4.90. The van der Waals surface area contributed by atoms with Crippen LogP contribution in [0, 0.1) is 12.7 Å². The molecule has 0 fully saturated rings. The number of ether oxygens (including phenoxy) is 1. The van der Waals surface area contributed by atoms with Crippen LogP contribution in [0.15, 0.2) is 42.5 Å². The first-order valence-corrected chi connectivity index (χ1v) is 8.13. The highest BCUT2D eigenvalue weighted by Crippen LogP contribution is 2.33. The molecule has 1 atom stereocenters. The Morgan fingerprint density at radius 1 is 1.21 bits per heavy atom. The van der Waals surface area contributed by atoms with Gasteiger partial charge in [0.1, 0.15) is 11.6 Å². The van der Waals surface area contributed by atoms with E-state index in [1.54, 1.807) is 13.2 Å². The van der Waals surface area contributed by atoms with Crippen molar-refractivity contribution in [1.82, 2.24) is 4.57 Å². The summed E-state index contributed by atoms with van der Waals surface area (Å²) in [4.78, 5) is 0. The average Bonchev–Trinajstić information content (AvgIpc) is 2.84. The zero-order chi connectivity index (χ0) is 17.3. The summed E-state index contributed by atoms with van der Waals surface area (Å²) < 4.78 is 21.4. The molecule has 0 saturated carbocycles. The number of hydrogen-bond acceptors (Lipinski definition) is 2. The summed E-state index contributed by atoms with van der Waals surface area (Å²) in [5.41, 5.74) is 10.5. The van der Waals surface area contributed by atoms with Gasteiger partial charge in [-0.3, -0.25) is 0 Å². The molecule has 4 heteroatoms. The van der Waals surface area contributed by atoms with Crippen LogP contribution >= 0.6 is 0 Å². The predicted molar refractivity (Wildman–Crippen MR) is 96.1 cm³/mol. The monoisotopic (exact) mass is 326 g/mol. The van der Waals surface area contributed by atoms with Crippen molar-refractivity contribution in [3.05, 3.63) is 65.1 Å². The summed E-state index contributed by atoms with van der Waals surface area (Å²) in [6.07, 6.45) is 0.753. The van der Waals surface area contributed by atoms with Gasteiger partial charge >= 0.3 is 0 Å². The lowest BCUT2D eigenvalue weighted by Gasteiger charge is -2.19. The molecule has 0 aliphatic carbocycles. The molecule has 24 heavy (non-hydrogen) atoms. The van der Waals surface area contributed by atoms with Crippen LogP contribution in [0.4, 0.5) is 4.39 Å². The fourth-order valence-corrected chi connectivity index (χ4v) is 3.45. The third-order valence-corrected chi connectivity index (χ3v) is 4.90. The van der Waals surface area contributed by atoms with Crippen LogP contribution in [0.25, 0.3) is 10.9 Å². The van der Waals surface area contributed by atoms with E-state index in [4.69, 9.17) is 10.5 Å². The maximum absolute atomic E-state index is 13.8. The summed E-state index contributed by atoms with van der Waals surface area (Å²) in [5, 5.41) is 1.23. The van der Waals surface area contributed by atoms with E-state index in [0.29, 0.717) is 12.3 Å². The van der Waals surface area contributed by atoms with Crippen molar-refractivity contribution in [3.8, 4) is 5.75 Å². The molecule has 0 aliphatic rings. The van der Waals surface area contributed by atoms with Gasteiger partial charge in [-0.2, -0.15) is 0 Å². The van der Waals surface area contributed by atoms with Crippen molar-refractivity contribution in [2.45, 2.75) is 19.3 Å². The van der Waals surface area contributed by atoms with E-state index < -0.39 is 0 Å². The Hall–Kier alpha value is -2.33. The molecule has 1 unspecified atom stereocenters. The third kappa shape index (κ3) is 2.78. The number of aryl methyl sites for hydroxylation is 1. The maximum Gasteiger partial charge on any atom is 0.123 e. The van der Waals surface area contributed by atoms with Crippen LogP contribution in [-0.2, 0) is 13.5 Å². The lowest BCUT2D eigenvalue weighted by atomic mass is 9.90. The van der Waals surface area contributed by atoms with Crippen molar-refractivity contribution in [1.29, 1.82) is 0 Å². The van der Waals surface area contributed by atoms with Crippen LogP contribution in [-0.4, -0.2) is 18.2 Å². The molecule has 0 bridgehead atoms. The first-order chi connectivity index (χ1) is 11.6. The molecular weight excluding hydrogens is 303 g/mol. The number of nitrogens with zero attached hydrogens (tertiary/aromatic N) is 1. The molecule has 0 spiro atoms. The SMILES string of the molecule is COc1ccc(F)cc1C(CN)Cc1c(C)n(C)c2ccccc12. The number of methoxy groups -OCH3 is 1.